The summed E-state index contributed by atoms with van der Waals surface area (Å²) in [4.78, 5) is 38.3. The molecule has 11 heteroatoms. The molecule has 2 rings (SSSR count). The van der Waals surface area contributed by atoms with Gasteiger partial charge in [0.15, 0.2) is 10.2 Å². The average molecular weight is 408 g/mol. The van der Waals surface area contributed by atoms with Crippen LogP contribution in [0.1, 0.15) is 28.5 Å². The molecule has 0 aliphatic rings. The first-order valence-electron chi connectivity index (χ1n) is 7.77. The Kier molecular flexibility index (Phi) is 6.91. The van der Waals surface area contributed by atoms with Gasteiger partial charge in [0.1, 0.15) is 0 Å². The van der Waals surface area contributed by atoms with Crippen molar-refractivity contribution in [3.8, 4) is 0 Å². The largest absolute Gasteiger partial charge is 0.466 e. The Morgan fingerprint density at radius 2 is 2.15 bits per heavy atom. The van der Waals surface area contributed by atoms with Crippen LogP contribution in [0.4, 0.5) is 10.8 Å². The number of amides is 1. The molecular formula is C16H16N4O5S2. The van der Waals surface area contributed by atoms with Crippen molar-refractivity contribution in [1.82, 2.24) is 10.3 Å². The van der Waals surface area contributed by atoms with Crippen LogP contribution in [-0.2, 0) is 16.0 Å². The third kappa shape index (κ3) is 5.79. The maximum Gasteiger partial charge on any atom is 0.311 e. The van der Waals surface area contributed by atoms with Crippen molar-refractivity contribution in [2.75, 3.05) is 11.9 Å². The van der Waals surface area contributed by atoms with E-state index < -0.39 is 10.8 Å². The van der Waals surface area contributed by atoms with E-state index in [2.05, 4.69) is 15.6 Å². The normalized spacial score (nSPS) is 10.1. The van der Waals surface area contributed by atoms with Gasteiger partial charge in [-0.25, -0.2) is 4.98 Å². The molecule has 1 heterocycles. The number of rotatable bonds is 6. The molecule has 0 bridgehead atoms. The molecule has 0 unspecified atom stereocenters. The van der Waals surface area contributed by atoms with Gasteiger partial charge >= 0.3 is 5.97 Å². The summed E-state index contributed by atoms with van der Waals surface area (Å²) < 4.78 is 4.85. The van der Waals surface area contributed by atoms with E-state index in [0.717, 1.165) is 0 Å². The molecule has 2 N–H and O–H groups in total. The second-order valence-electron chi connectivity index (χ2n) is 5.29. The smallest absolute Gasteiger partial charge is 0.311 e. The Morgan fingerprint density at radius 3 is 2.81 bits per heavy atom. The number of carbonyl (C=O) groups excluding carboxylic acids is 2. The number of ether oxygens (including phenoxy) is 1. The molecule has 0 saturated carbocycles. The van der Waals surface area contributed by atoms with Crippen LogP contribution in [0, 0.1) is 17.0 Å². The summed E-state index contributed by atoms with van der Waals surface area (Å²) in [6, 6.07) is 4.15. The number of aromatic nitrogens is 1. The van der Waals surface area contributed by atoms with Crippen LogP contribution >= 0.6 is 23.6 Å². The van der Waals surface area contributed by atoms with Crippen molar-refractivity contribution in [3.63, 3.8) is 0 Å². The minimum Gasteiger partial charge on any atom is -0.466 e. The molecule has 1 aromatic heterocycles. The zero-order valence-corrected chi connectivity index (χ0v) is 16.1. The lowest BCUT2D eigenvalue weighted by Gasteiger charge is -2.07. The van der Waals surface area contributed by atoms with E-state index in [1.165, 1.54) is 29.5 Å². The van der Waals surface area contributed by atoms with Crippen LogP contribution in [0.25, 0.3) is 0 Å². The zero-order chi connectivity index (χ0) is 20.0. The van der Waals surface area contributed by atoms with Gasteiger partial charge in [-0.15, -0.1) is 11.3 Å². The Morgan fingerprint density at radius 1 is 1.41 bits per heavy atom. The number of carbonyl (C=O) groups is 2. The number of benzene rings is 1. The number of esters is 1. The lowest BCUT2D eigenvalue weighted by molar-refractivity contribution is -0.385. The number of aryl methyl sites for hydroxylation is 1. The fourth-order valence-electron chi connectivity index (χ4n) is 2.06. The highest BCUT2D eigenvalue weighted by molar-refractivity contribution is 7.80. The highest BCUT2D eigenvalue weighted by Crippen LogP contribution is 2.19. The molecule has 142 valence electrons. The number of anilines is 1. The van der Waals surface area contributed by atoms with E-state index in [-0.39, 0.29) is 28.8 Å². The number of hydrogen-bond acceptors (Lipinski definition) is 8. The summed E-state index contributed by atoms with van der Waals surface area (Å²) in [7, 11) is 0. The molecule has 1 amide bonds. The number of nitro benzene ring substituents is 1. The Bertz CT molecular complexity index is 897. The molecule has 0 fully saturated rings. The zero-order valence-electron chi connectivity index (χ0n) is 14.5. The SMILES string of the molecule is CCOC(=O)Cc1csc(NC(=S)NC(=O)c2ccc(C)c([N+](=O)[O-])c2)n1. The average Bonchev–Trinajstić information content (AvgIpc) is 3.01. The number of thiocarbonyl (C=S) groups is 1. The second-order valence-corrected chi connectivity index (χ2v) is 6.56. The Balaban J connectivity index is 1.97. The lowest BCUT2D eigenvalue weighted by atomic mass is 10.1. The molecule has 0 atom stereocenters. The van der Waals surface area contributed by atoms with E-state index >= 15 is 0 Å². The molecule has 0 spiro atoms. The first-order chi connectivity index (χ1) is 12.8. The van der Waals surface area contributed by atoms with Gasteiger partial charge in [0, 0.05) is 22.6 Å². The molecule has 1 aromatic carbocycles. The first kappa shape index (κ1) is 20.4. The van der Waals surface area contributed by atoms with Crippen molar-refractivity contribution in [2.45, 2.75) is 20.3 Å². The van der Waals surface area contributed by atoms with E-state index in [0.29, 0.717) is 23.0 Å². The van der Waals surface area contributed by atoms with Crippen molar-refractivity contribution < 1.29 is 19.2 Å². The number of thiazole rings is 1. The number of nitrogens with zero attached hydrogens (tertiary/aromatic N) is 2. The van der Waals surface area contributed by atoms with Gasteiger partial charge in [-0.05, 0) is 32.1 Å². The van der Waals surface area contributed by atoms with Crippen molar-refractivity contribution in [1.29, 1.82) is 0 Å². The van der Waals surface area contributed by atoms with Gasteiger partial charge in [-0.3, -0.25) is 25.0 Å². The highest BCUT2D eigenvalue weighted by Gasteiger charge is 2.16. The van der Waals surface area contributed by atoms with E-state index in [4.69, 9.17) is 17.0 Å². The number of nitrogens with one attached hydrogen (secondary N) is 2. The van der Waals surface area contributed by atoms with Crippen LogP contribution in [0.2, 0.25) is 0 Å². The van der Waals surface area contributed by atoms with Crippen LogP contribution in [-0.4, -0.2) is 33.5 Å². The summed E-state index contributed by atoms with van der Waals surface area (Å²) in [6.45, 7) is 3.60. The van der Waals surface area contributed by atoms with Gasteiger partial charge in [0.2, 0.25) is 0 Å². The highest BCUT2D eigenvalue weighted by atomic mass is 32.1. The lowest BCUT2D eigenvalue weighted by Crippen LogP contribution is -2.34. The van der Waals surface area contributed by atoms with Crippen molar-refractivity contribution in [2.24, 2.45) is 0 Å². The number of nitro groups is 1. The fraction of sp³-hybridized carbons (Fsp3) is 0.250. The fourth-order valence-corrected chi connectivity index (χ4v) is 3.03. The van der Waals surface area contributed by atoms with E-state index in [1.807, 2.05) is 0 Å². The molecule has 2 aromatic rings. The topological polar surface area (TPSA) is 123 Å². The second kappa shape index (κ2) is 9.14. The van der Waals surface area contributed by atoms with Crippen LogP contribution in [0.3, 0.4) is 0 Å². The predicted molar refractivity (Wildman–Crippen MR) is 104 cm³/mol. The standard InChI is InChI=1S/C16H16N4O5S2/c1-3-25-13(21)7-11-8-27-16(17-11)19-15(26)18-14(22)10-5-4-9(2)12(6-10)20(23)24/h4-6,8H,3,7H2,1-2H3,(H2,17,18,19,22,26). The quantitative estimate of drug-likeness (QED) is 0.324. The Labute approximate surface area is 163 Å². The molecule has 0 radical (unpaired) electrons. The van der Waals surface area contributed by atoms with Gasteiger partial charge < -0.3 is 10.1 Å². The maximum atomic E-state index is 12.2. The monoisotopic (exact) mass is 408 g/mol. The van der Waals surface area contributed by atoms with Gasteiger partial charge in [-0.1, -0.05) is 6.07 Å². The van der Waals surface area contributed by atoms with E-state index in [1.54, 1.807) is 19.2 Å². The third-order valence-electron chi connectivity index (χ3n) is 3.30. The minimum absolute atomic E-state index is 0.0136. The Hall–Kier alpha value is -2.92. The van der Waals surface area contributed by atoms with Gasteiger partial charge in [-0.2, -0.15) is 0 Å². The minimum atomic E-state index is -0.584. The van der Waals surface area contributed by atoms with E-state index in [9.17, 15) is 19.7 Å². The molecule has 0 saturated heterocycles. The van der Waals surface area contributed by atoms with Gasteiger partial charge in [0.05, 0.1) is 23.6 Å². The summed E-state index contributed by atoms with van der Waals surface area (Å²) in [6.07, 6.45) is 0.0399. The van der Waals surface area contributed by atoms with Crippen molar-refractivity contribution >= 4 is 51.4 Å². The van der Waals surface area contributed by atoms with Gasteiger partial charge in [0.25, 0.3) is 11.6 Å². The van der Waals surface area contributed by atoms with Crippen LogP contribution in [0.15, 0.2) is 23.6 Å². The van der Waals surface area contributed by atoms with Crippen LogP contribution < -0.4 is 10.6 Å². The molecular weight excluding hydrogens is 392 g/mol. The summed E-state index contributed by atoms with van der Waals surface area (Å²) in [5, 5.41) is 18.2. The maximum absolute atomic E-state index is 12.2. The summed E-state index contributed by atoms with van der Waals surface area (Å²) >= 11 is 6.27. The molecule has 27 heavy (non-hydrogen) atoms. The number of hydrogen-bond donors (Lipinski definition) is 2. The van der Waals surface area contributed by atoms with Crippen molar-refractivity contribution in [3.05, 3.63) is 50.5 Å². The summed E-state index contributed by atoms with van der Waals surface area (Å²) in [5.41, 5.74) is 0.932. The molecule has 0 aliphatic carbocycles. The first-order valence-corrected chi connectivity index (χ1v) is 9.06. The van der Waals surface area contributed by atoms with Crippen LogP contribution in [0.5, 0.6) is 0 Å². The predicted octanol–water partition coefficient (Wildman–Crippen LogP) is 2.59. The third-order valence-corrected chi connectivity index (χ3v) is 4.31. The summed E-state index contributed by atoms with van der Waals surface area (Å²) in [5.74, 6) is -0.968. The molecule has 0 aliphatic heterocycles. The molecule has 9 nitrogen and oxygen atoms in total.